The summed E-state index contributed by atoms with van der Waals surface area (Å²) in [5.41, 5.74) is 8.23. The Labute approximate surface area is 66.5 Å². The second kappa shape index (κ2) is 5.71. The van der Waals surface area contributed by atoms with Crippen molar-refractivity contribution in [3.63, 3.8) is 0 Å². The third-order valence-corrected chi connectivity index (χ3v) is 1.16. The molecule has 0 aliphatic rings. The Morgan fingerprint density at radius 1 is 1.82 bits per heavy atom. The monoisotopic (exact) mass is 155 g/mol. The molecule has 11 heavy (non-hydrogen) atoms. The zero-order chi connectivity index (χ0) is 8.69. The van der Waals surface area contributed by atoms with Gasteiger partial charge in [-0.1, -0.05) is 0 Å². The van der Waals surface area contributed by atoms with E-state index in [1.807, 2.05) is 6.92 Å². The molecule has 0 saturated heterocycles. The lowest BCUT2D eigenvalue weighted by Gasteiger charge is -2.03. The van der Waals surface area contributed by atoms with Crippen LogP contribution < -0.4 is 5.73 Å². The van der Waals surface area contributed by atoms with Crippen LogP contribution in [0.15, 0.2) is 17.9 Å². The summed E-state index contributed by atoms with van der Waals surface area (Å²) in [7, 11) is 1.32. The molecule has 0 aromatic heterocycles. The van der Waals surface area contributed by atoms with Crippen molar-refractivity contribution >= 4 is 5.97 Å². The van der Waals surface area contributed by atoms with Crippen molar-refractivity contribution in [3.8, 4) is 0 Å². The molecule has 0 aromatic carbocycles. The second-order valence-corrected chi connectivity index (χ2v) is 2.02. The first-order valence-electron chi connectivity index (χ1n) is 3.41. The number of carbonyl (C=O) groups excluding carboxylic acids is 1. The predicted molar refractivity (Wildman–Crippen MR) is 42.9 cm³/mol. The number of rotatable bonds is 3. The number of ether oxygens (including phenoxy) is 1. The number of nitrogens with two attached hydrogens (primary N) is 1. The van der Waals surface area contributed by atoms with Crippen molar-refractivity contribution in [1.82, 2.24) is 0 Å². The Morgan fingerprint density at radius 2 is 2.45 bits per heavy atom. The van der Waals surface area contributed by atoms with Gasteiger partial charge in [-0.15, -0.1) is 5.73 Å². The first-order valence-corrected chi connectivity index (χ1v) is 3.41. The quantitative estimate of drug-likeness (QED) is 0.480. The van der Waals surface area contributed by atoms with Gasteiger partial charge in [-0.25, -0.2) is 0 Å². The van der Waals surface area contributed by atoms with Gasteiger partial charge >= 0.3 is 5.97 Å². The highest BCUT2D eigenvalue weighted by atomic mass is 16.5. The van der Waals surface area contributed by atoms with Crippen molar-refractivity contribution in [2.45, 2.75) is 19.4 Å². The standard InChI is InChI=1S/C8H13NO2/c1-3-4-5-6-7(9)8(10)11-2/h3,5,7H,6,9H2,1-2H3. The van der Waals surface area contributed by atoms with Crippen LogP contribution in [-0.4, -0.2) is 19.1 Å². The molecule has 0 rings (SSSR count). The molecule has 2 N–H and O–H groups in total. The molecule has 0 amide bonds. The SMILES string of the molecule is CC=C=CCC(N)C(=O)OC. The number of hydrogen-bond donors (Lipinski definition) is 1. The van der Waals surface area contributed by atoms with Crippen LogP contribution in [0.1, 0.15) is 13.3 Å². The summed E-state index contributed by atoms with van der Waals surface area (Å²) in [6, 6.07) is -0.563. The minimum atomic E-state index is -0.563. The molecular formula is C8H13NO2. The Hall–Kier alpha value is -1.05. The Kier molecular flexibility index (Phi) is 5.17. The molecule has 0 bridgehead atoms. The third kappa shape index (κ3) is 4.37. The maximum absolute atomic E-state index is 10.7. The average Bonchev–Trinajstić information content (AvgIpc) is 2.03. The number of carbonyl (C=O) groups is 1. The van der Waals surface area contributed by atoms with E-state index in [-0.39, 0.29) is 5.97 Å². The number of methoxy groups -OCH3 is 1. The van der Waals surface area contributed by atoms with E-state index in [2.05, 4.69) is 10.5 Å². The van der Waals surface area contributed by atoms with Crippen LogP contribution in [0.2, 0.25) is 0 Å². The normalized spacial score (nSPS) is 11.2. The summed E-state index contributed by atoms with van der Waals surface area (Å²) in [5.74, 6) is -0.390. The van der Waals surface area contributed by atoms with Crippen molar-refractivity contribution in [1.29, 1.82) is 0 Å². The maximum atomic E-state index is 10.7. The van der Waals surface area contributed by atoms with Gasteiger partial charge in [-0.3, -0.25) is 4.79 Å². The van der Waals surface area contributed by atoms with Crippen molar-refractivity contribution in [3.05, 3.63) is 17.9 Å². The van der Waals surface area contributed by atoms with E-state index in [1.54, 1.807) is 12.2 Å². The fraction of sp³-hybridized carbons (Fsp3) is 0.500. The molecule has 62 valence electrons. The van der Waals surface area contributed by atoms with Crippen LogP contribution in [0.5, 0.6) is 0 Å². The minimum Gasteiger partial charge on any atom is -0.468 e. The molecular weight excluding hydrogens is 142 g/mol. The van der Waals surface area contributed by atoms with E-state index >= 15 is 0 Å². The highest BCUT2D eigenvalue weighted by Gasteiger charge is 2.10. The van der Waals surface area contributed by atoms with Gasteiger partial charge in [0.05, 0.1) is 7.11 Å². The van der Waals surface area contributed by atoms with Crippen LogP contribution in [0, 0.1) is 0 Å². The minimum absolute atomic E-state index is 0.390. The van der Waals surface area contributed by atoms with Gasteiger partial charge in [-0.05, 0) is 25.5 Å². The lowest BCUT2D eigenvalue weighted by molar-refractivity contribution is -0.142. The van der Waals surface area contributed by atoms with Crippen LogP contribution in [0.3, 0.4) is 0 Å². The van der Waals surface area contributed by atoms with Gasteiger partial charge < -0.3 is 10.5 Å². The van der Waals surface area contributed by atoms with Gasteiger partial charge in [0.2, 0.25) is 0 Å². The van der Waals surface area contributed by atoms with Crippen LogP contribution in [-0.2, 0) is 9.53 Å². The van der Waals surface area contributed by atoms with Crippen molar-refractivity contribution < 1.29 is 9.53 Å². The molecule has 0 aliphatic heterocycles. The first kappa shape index (κ1) is 9.95. The lowest BCUT2D eigenvalue weighted by Crippen LogP contribution is -2.30. The largest absolute Gasteiger partial charge is 0.468 e. The summed E-state index contributed by atoms with van der Waals surface area (Å²) >= 11 is 0. The average molecular weight is 155 g/mol. The molecule has 0 aliphatic carbocycles. The van der Waals surface area contributed by atoms with Crippen molar-refractivity contribution in [2.24, 2.45) is 5.73 Å². The molecule has 0 fully saturated rings. The smallest absolute Gasteiger partial charge is 0.322 e. The third-order valence-electron chi connectivity index (χ3n) is 1.16. The highest BCUT2D eigenvalue weighted by molar-refractivity contribution is 5.75. The second-order valence-electron chi connectivity index (χ2n) is 2.02. The Balaban J connectivity index is 3.78. The van der Waals surface area contributed by atoms with E-state index in [4.69, 9.17) is 5.73 Å². The van der Waals surface area contributed by atoms with Gasteiger partial charge in [0.1, 0.15) is 6.04 Å². The molecule has 0 heterocycles. The van der Waals surface area contributed by atoms with E-state index in [1.165, 1.54) is 7.11 Å². The molecule has 0 radical (unpaired) electrons. The van der Waals surface area contributed by atoms with Gasteiger partial charge in [0.15, 0.2) is 0 Å². The van der Waals surface area contributed by atoms with E-state index in [9.17, 15) is 4.79 Å². The summed E-state index contributed by atoms with van der Waals surface area (Å²) in [4.78, 5) is 10.7. The number of esters is 1. The van der Waals surface area contributed by atoms with E-state index < -0.39 is 6.04 Å². The molecule has 0 aromatic rings. The maximum Gasteiger partial charge on any atom is 0.322 e. The van der Waals surface area contributed by atoms with Crippen LogP contribution >= 0.6 is 0 Å². The highest BCUT2D eigenvalue weighted by Crippen LogP contribution is 1.91. The predicted octanol–water partition coefficient (Wildman–Crippen LogP) is 0.608. The van der Waals surface area contributed by atoms with Gasteiger partial charge in [0, 0.05) is 0 Å². The molecule has 1 atom stereocenters. The Morgan fingerprint density at radius 3 is 2.91 bits per heavy atom. The number of hydrogen-bond acceptors (Lipinski definition) is 3. The molecule has 3 heteroatoms. The summed E-state index contributed by atoms with van der Waals surface area (Å²) < 4.78 is 4.42. The zero-order valence-corrected chi connectivity index (χ0v) is 6.83. The molecule has 1 unspecified atom stereocenters. The van der Waals surface area contributed by atoms with Crippen LogP contribution in [0.4, 0.5) is 0 Å². The van der Waals surface area contributed by atoms with E-state index in [0.717, 1.165) is 0 Å². The lowest BCUT2D eigenvalue weighted by atomic mass is 10.2. The zero-order valence-electron chi connectivity index (χ0n) is 6.83. The fourth-order valence-corrected chi connectivity index (χ4v) is 0.560. The first-order chi connectivity index (χ1) is 5.22. The van der Waals surface area contributed by atoms with Crippen LogP contribution in [0.25, 0.3) is 0 Å². The molecule has 0 saturated carbocycles. The summed E-state index contributed by atoms with van der Waals surface area (Å²) in [6.45, 7) is 1.85. The summed E-state index contributed by atoms with van der Waals surface area (Å²) in [5, 5.41) is 0. The van der Waals surface area contributed by atoms with E-state index in [0.29, 0.717) is 6.42 Å². The summed E-state index contributed by atoms with van der Waals surface area (Å²) in [6.07, 6.45) is 3.93. The Bertz CT molecular complexity index is 181. The van der Waals surface area contributed by atoms with Gasteiger partial charge in [-0.2, -0.15) is 0 Å². The topological polar surface area (TPSA) is 52.3 Å². The molecule has 3 nitrogen and oxygen atoms in total. The molecule has 0 spiro atoms. The fourth-order valence-electron chi connectivity index (χ4n) is 0.560. The van der Waals surface area contributed by atoms with Crippen molar-refractivity contribution in [2.75, 3.05) is 7.11 Å². The van der Waals surface area contributed by atoms with Gasteiger partial charge in [0.25, 0.3) is 0 Å².